The molecule has 158 valence electrons. The van der Waals surface area contributed by atoms with Gasteiger partial charge in [0.15, 0.2) is 16.8 Å². The smallest absolute Gasteiger partial charge is 0.337 e. The van der Waals surface area contributed by atoms with E-state index in [-0.39, 0.29) is 48.9 Å². The first-order valence-corrected chi connectivity index (χ1v) is 10.1. The van der Waals surface area contributed by atoms with Crippen molar-refractivity contribution in [3.63, 3.8) is 0 Å². The van der Waals surface area contributed by atoms with Gasteiger partial charge in [0.1, 0.15) is 5.76 Å². The molecule has 1 aliphatic heterocycles. The number of hydrogen-bond acceptors (Lipinski definition) is 4. The van der Waals surface area contributed by atoms with Gasteiger partial charge in [0.2, 0.25) is 5.82 Å². The maximum atomic E-state index is 15.3. The molecule has 3 aromatic rings. The first kappa shape index (κ1) is 20.3. The summed E-state index contributed by atoms with van der Waals surface area (Å²) >= 11 is 12.7. The van der Waals surface area contributed by atoms with Gasteiger partial charge >= 0.3 is 5.97 Å². The lowest BCUT2D eigenvalue weighted by molar-refractivity contribution is 0.0698. The number of halogens is 3. The van der Waals surface area contributed by atoms with Gasteiger partial charge in [-0.1, -0.05) is 47.5 Å². The van der Waals surface area contributed by atoms with Crippen molar-refractivity contribution in [1.29, 1.82) is 0 Å². The molecule has 5 rings (SSSR count). The van der Waals surface area contributed by atoms with Crippen LogP contribution in [0.3, 0.4) is 0 Å². The van der Waals surface area contributed by atoms with E-state index in [2.05, 4.69) is 0 Å². The normalized spacial score (nSPS) is 11.5. The molecule has 5 nitrogen and oxygen atoms in total. The van der Waals surface area contributed by atoms with Gasteiger partial charge in [-0.3, -0.25) is 4.79 Å². The molecule has 0 atom stereocenters. The van der Waals surface area contributed by atoms with Crippen molar-refractivity contribution in [2.75, 3.05) is 0 Å². The highest BCUT2D eigenvalue weighted by molar-refractivity contribution is 6.39. The van der Waals surface area contributed by atoms with Gasteiger partial charge in [0.25, 0.3) is 0 Å². The van der Waals surface area contributed by atoms with Crippen LogP contribution in [0, 0.1) is 5.82 Å². The van der Waals surface area contributed by atoms with Crippen LogP contribution >= 0.6 is 23.2 Å². The number of hydrogen-bond donors (Lipinski definition) is 2. The molecule has 8 heteroatoms. The molecule has 0 bridgehead atoms. The number of aromatic carboxylic acids is 1. The van der Waals surface area contributed by atoms with Gasteiger partial charge in [0.05, 0.1) is 10.6 Å². The van der Waals surface area contributed by atoms with Gasteiger partial charge in [-0.15, -0.1) is 0 Å². The minimum atomic E-state index is -1.33. The number of phenolic OH excluding ortho intramolecular Hbond substituents is 1. The Bertz CT molecular complexity index is 1620. The van der Waals surface area contributed by atoms with Crippen LogP contribution in [0.25, 0.3) is 44.2 Å². The predicted molar refractivity (Wildman–Crippen MR) is 121 cm³/mol. The van der Waals surface area contributed by atoms with Gasteiger partial charge in [-0.2, -0.15) is 4.39 Å². The maximum Gasteiger partial charge on any atom is 0.337 e. The molecule has 3 aromatic carbocycles. The summed E-state index contributed by atoms with van der Waals surface area (Å²) in [6.07, 6.45) is 0. The molecule has 0 amide bonds. The fourth-order valence-corrected chi connectivity index (χ4v) is 4.50. The van der Waals surface area contributed by atoms with Crippen LogP contribution in [-0.2, 0) is 0 Å². The van der Waals surface area contributed by atoms with Gasteiger partial charge in [0, 0.05) is 38.6 Å². The monoisotopic (exact) mass is 468 g/mol. The van der Waals surface area contributed by atoms with Crippen LogP contribution < -0.4 is 5.43 Å². The molecule has 2 aliphatic rings. The van der Waals surface area contributed by atoms with Crippen molar-refractivity contribution in [3.05, 3.63) is 86.2 Å². The topological polar surface area (TPSA) is 87.7 Å². The van der Waals surface area contributed by atoms with Crippen LogP contribution in [-0.4, -0.2) is 16.2 Å². The number of carboxylic acids is 1. The van der Waals surface area contributed by atoms with E-state index in [0.29, 0.717) is 10.9 Å². The number of aromatic hydroxyl groups is 1. The second kappa shape index (κ2) is 7.22. The minimum Gasteiger partial charge on any atom is -0.504 e. The third-order valence-corrected chi connectivity index (χ3v) is 5.97. The maximum absolute atomic E-state index is 15.3. The van der Waals surface area contributed by atoms with Crippen molar-refractivity contribution >= 4 is 50.9 Å². The Kier molecular flexibility index (Phi) is 4.58. The molecular formula is C24H11Cl2FO5. The van der Waals surface area contributed by atoms with Crippen molar-refractivity contribution < 1.29 is 23.8 Å². The van der Waals surface area contributed by atoms with E-state index in [1.54, 1.807) is 18.2 Å². The second-order valence-electron chi connectivity index (χ2n) is 7.13. The highest BCUT2D eigenvalue weighted by atomic mass is 35.5. The summed E-state index contributed by atoms with van der Waals surface area (Å²) in [4.78, 5) is 24.1. The number of carboxylic acid groups (broad SMARTS) is 1. The summed E-state index contributed by atoms with van der Waals surface area (Å²) in [6.45, 7) is 0. The van der Waals surface area contributed by atoms with Gasteiger partial charge in [-0.25, -0.2) is 4.79 Å². The second-order valence-corrected chi connectivity index (χ2v) is 7.95. The lowest BCUT2D eigenvalue weighted by atomic mass is 9.88. The molecule has 0 saturated heterocycles. The molecule has 2 N–H and O–H groups in total. The molecule has 0 fully saturated rings. The van der Waals surface area contributed by atoms with E-state index < -0.39 is 23.0 Å². The SMILES string of the molecule is O=C(O)c1c(Cl)ccc(Cl)c1-c1c2ccc(=O)cc-2oc2c(F)c(O)c3ccccc3c12. The molecule has 1 aliphatic carbocycles. The van der Waals surface area contributed by atoms with Crippen LogP contribution in [0.1, 0.15) is 10.4 Å². The van der Waals surface area contributed by atoms with Crippen molar-refractivity contribution in [2.24, 2.45) is 0 Å². The average molecular weight is 469 g/mol. The predicted octanol–water partition coefficient (Wildman–Crippen LogP) is 6.57. The van der Waals surface area contributed by atoms with Crippen LogP contribution in [0.4, 0.5) is 4.39 Å². The van der Waals surface area contributed by atoms with Gasteiger partial charge in [-0.05, 0) is 29.7 Å². The van der Waals surface area contributed by atoms with E-state index in [1.807, 2.05) is 0 Å². The zero-order valence-corrected chi connectivity index (χ0v) is 17.5. The van der Waals surface area contributed by atoms with Crippen LogP contribution in [0.15, 0.2) is 63.8 Å². The van der Waals surface area contributed by atoms with E-state index in [9.17, 15) is 19.8 Å². The van der Waals surface area contributed by atoms with Crippen LogP contribution in [0.2, 0.25) is 10.0 Å². The Labute approximate surface area is 189 Å². The number of fused-ring (bicyclic) bond motifs is 4. The molecule has 0 radical (unpaired) electrons. The third-order valence-electron chi connectivity index (χ3n) is 5.34. The average Bonchev–Trinajstić information content (AvgIpc) is 2.77. The Morgan fingerprint density at radius 2 is 1.62 bits per heavy atom. The summed E-state index contributed by atoms with van der Waals surface area (Å²) in [6, 6.07) is 13.2. The first-order chi connectivity index (χ1) is 15.3. The lowest BCUT2D eigenvalue weighted by Gasteiger charge is -2.20. The molecule has 1 heterocycles. The van der Waals surface area contributed by atoms with E-state index in [4.69, 9.17) is 27.6 Å². The fourth-order valence-electron chi connectivity index (χ4n) is 4.01. The largest absolute Gasteiger partial charge is 0.504 e. The third kappa shape index (κ3) is 2.84. The Hall–Kier alpha value is -3.61. The van der Waals surface area contributed by atoms with E-state index in [1.165, 1.54) is 30.3 Å². The van der Waals surface area contributed by atoms with E-state index in [0.717, 1.165) is 6.07 Å². The van der Waals surface area contributed by atoms with Crippen molar-refractivity contribution in [3.8, 4) is 28.2 Å². The molecule has 0 saturated carbocycles. The lowest BCUT2D eigenvalue weighted by Crippen LogP contribution is -2.05. The first-order valence-electron chi connectivity index (χ1n) is 9.31. The molecule has 0 spiro atoms. The fraction of sp³-hybridized carbons (Fsp3) is 0. The number of benzene rings is 4. The van der Waals surface area contributed by atoms with Gasteiger partial charge < -0.3 is 14.6 Å². The molecule has 32 heavy (non-hydrogen) atoms. The zero-order valence-electron chi connectivity index (χ0n) is 15.9. The standard InChI is InChI=1S/C24H11Cl2FO5/c25-14-7-8-15(26)20(24(30)31)19(14)17-13-6-5-10(28)9-16(13)32-23-18(17)11-3-1-2-4-12(11)22(29)21(23)27/h1-9,29H,(H,30,31). The zero-order chi connectivity index (χ0) is 22.7. The van der Waals surface area contributed by atoms with E-state index >= 15 is 4.39 Å². The summed E-state index contributed by atoms with van der Waals surface area (Å²) in [7, 11) is 0. The number of phenols is 1. The minimum absolute atomic E-state index is 0.000891. The summed E-state index contributed by atoms with van der Waals surface area (Å²) < 4.78 is 21.0. The summed E-state index contributed by atoms with van der Waals surface area (Å²) in [5, 5.41) is 21.1. The molecule has 0 aromatic heterocycles. The van der Waals surface area contributed by atoms with Crippen molar-refractivity contribution in [2.45, 2.75) is 0 Å². The highest BCUT2D eigenvalue weighted by Crippen LogP contribution is 2.49. The highest BCUT2D eigenvalue weighted by Gasteiger charge is 2.29. The number of rotatable bonds is 2. The Morgan fingerprint density at radius 1 is 0.938 bits per heavy atom. The quantitative estimate of drug-likeness (QED) is 0.226. The summed E-state index contributed by atoms with van der Waals surface area (Å²) in [5.74, 6) is -3.01. The van der Waals surface area contributed by atoms with Crippen LogP contribution in [0.5, 0.6) is 5.75 Å². The molecule has 0 unspecified atom stereocenters. The van der Waals surface area contributed by atoms with Crippen molar-refractivity contribution in [1.82, 2.24) is 0 Å². The Morgan fingerprint density at radius 3 is 2.34 bits per heavy atom. The summed E-state index contributed by atoms with van der Waals surface area (Å²) in [5.41, 5.74) is -0.419. The Balaban J connectivity index is 2.17. The number of carbonyl (C=O) groups is 1. The molecular weight excluding hydrogens is 458 g/mol.